The van der Waals surface area contributed by atoms with Gasteiger partial charge >= 0.3 is 0 Å². The van der Waals surface area contributed by atoms with Gasteiger partial charge in [0.2, 0.25) is 0 Å². The normalized spacial score (nSPS) is 26.1. The van der Waals surface area contributed by atoms with E-state index in [4.69, 9.17) is 9.47 Å². The van der Waals surface area contributed by atoms with E-state index >= 15 is 0 Å². The van der Waals surface area contributed by atoms with Gasteiger partial charge in [0.05, 0.1) is 14.2 Å². The average molecular weight is 278 g/mol. The van der Waals surface area contributed by atoms with E-state index < -0.39 is 5.60 Å². The number of Topliss-reactive ketones (excluding diaryl/α,β-unsaturated/α-hetero) is 1. The van der Waals surface area contributed by atoms with Gasteiger partial charge in [-0.1, -0.05) is 6.92 Å². The predicted molar refractivity (Wildman–Crippen MR) is 76.5 cm³/mol. The van der Waals surface area contributed by atoms with Gasteiger partial charge in [-0.2, -0.15) is 0 Å². The van der Waals surface area contributed by atoms with Gasteiger partial charge in [-0.25, -0.2) is 0 Å². The molecule has 1 aliphatic rings. The Bertz CT molecular complexity index is 465. The second-order valence-electron chi connectivity index (χ2n) is 5.64. The molecule has 0 aliphatic heterocycles. The third kappa shape index (κ3) is 2.96. The van der Waals surface area contributed by atoms with Crippen molar-refractivity contribution in [1.29, 1.82) is 0 Å². The van der Waals surface area contributed by atoms with E-state index in [1.807, 2.05) is 0 Å². The van der Waals surface area contributed by atoms with Crippen molar-refractivity contribution >= 4 is 5.78 Å². The zero-order chi connectivity index (χ0) is 14.8. The molecule has 1 N–H and O–H groups in total. The smallest absolute Gasteiger partial charge is 0.194 e. The molecule has 20 heavy (non-hydrogen) atoms. The number of hydrogen-bond donors (Lipinski definition) is 1. The molecular formula is C16H22O4. The number of ketones is 1. The lowest BCUT2D eigenvalue weighted by atomic mass is 9.76. The summed E-state index contributed by atoms with van der Waals surface area (Å²) in [4.78, 5) is 12.6. The first-order chi connectivity index (χ1) is 9.48. The Hall–Kier alpha value is -1.55. The molecule has 1 saturated carbocycles. The lowest BCUT2D eigenvalue weighted by molar-refractivity contribution is 0.00423. The topological polar surface area (TPSA) is 55.8 Å². The van der Waals surface area contributed by atoms with E-state index in [0.29, 0.717) is 35.8 Å². The second-order valence-corrected chi connectivity index (χ2v) is 5.64. The number of benzene rings is 1. The van der Waals surface area contributed by atoms with Crippen molar-refractivity contribution in [3.05, 3.63) is 23.8 Å². The van der Waals surface area contributed by atoms with Crippen molar-refractivity contribution < 1.29 is 19.4 Å². The summed E-state index contributed by atoms with van der Waals surface area (Å²) < 4.78 is 10.3. The van der Waals surface area contributed by atoms with Crippen LogP contribution < -0.4 is 9.47 Å². The van der Waals surface area contributed by atoms with E-state index in [-0.39, 0.29) is 5.78 Å². The van der Waals surface area contributed by atoms with Crippen molar-refractivity contribution in [1.82, 2.24) is 0 Å². The highest BCUT2D eigenvalue weighted by molar-refractivity contribution is 6.03. The van der Waals surface area contributed by atoms with Crippen LogP contribution in [0.1, 0.15) is 43.0 Å². The lowest BCUT2D eigenvalue weighted by Gasteiger charge is -2.33. The largest absolute Gasteiger partial charge is 0.497 e. The Morgan fingerprint density at radius 1 is 1.15 bits per heavy atom. The quantitative estimate of drug-likeness (QED) is 0.860. The molecule has 0 atom stereocenters. The second kappa shape index (κ2) is 5.83. The third-order valence-electron chi connectivity index (χ3n) is 4.14. The first-order valence-corrected chi connectivity index (χ1v) is 6.99. The van der Waals surface area contributed by atoms with Crippen LogP contribution in [-0.4, -0.2) is 30.7 Å². The van der Waals surface area contributed by atoms with Crippen molar-refractivity contribution in [3.63, 3.8) is 0 Å². The van der Waals surface area contributed by atoms with Gasteiger partial charge in [-0.15, -0.1) is 0 Å². The number of carbonyl (C=O) groups excluding carboxylic acids is 1. The van der Waals surface area contributed by atoms with Crippen LogP contribution in [0.4, 0.5) is 0 Å². The fraction of sp³-hybridized carbons (Fsp3) is 0.562. The Morgan fingerprint density at radius 2 is 1.65 bits per heavy atom. The van der Waals surface area contributed by atoms with Gasteiger partial charge in [-0.05, 0) is 43.7 Å². The first kappa shape index (κ1) is 14.9. The minimum Gasteiger partial charge on any atom is -0.497 e. The number of hydrogen-bond acceptors (Lipinski definition) is 4. The number of carbonyl (C=O) groups is 1. The Balaban J connectivity index is 2.28. The van der Waals surface area contributed by atoms with Crippen molar-refractivity contribution in [2.45, 2.75) is 38.2 Å². The number of methoxy groups -OCH3 is 2. The Kier molecular flexibility index (Phi) is 4.33. The standard InChI is InChI=1S/C16H22O4/c1-11-4-6-16(18,7-5-11)15(17)12-8-13(19-2)10-14(9-12)20-3/h8-11,18H,4-7H2,1-3H3. The fourth-order valence-corrected chi connectivity index (χ4v) is 2.67. The summed E-state index contributed by atoms with van der Waals surface area (Å²) >= 11 is 0. The minimum absolute atomic E-state index is 0.235. The van der Waals surface area contributed by atoms with E-state index in [2.05, 4.69) is 6.92 Å². The number of ether oxygens (including phenoxy) is 2. The Morgan fingerprint density at radius 3 is 2.10 bits per heavy atom. The predicted octanol–water partition coefficient (Wildman–Crippen LogP) is 2.83. The van der Waals surface area contributed by atoms with E-state index in [1.165, 1.54) is 0 Å². The third-order valence-corrected chi connectivity index (χ3v) is 4.14. The summed E-state index contributed by atoms with van der Waals surface area (Å²) in [6.07, 6.45) is 2.80. The van der Waals surface area contributed by atoms with Crippen LogP contribution in [0.3, 0.4) is 0 Å². The van der Waals surface area contributed by atoms with Gasteiger partial charge in [0.1, 0.15) is 17.1 Å². The molecule has 0 amide bonds. The number of aliphatic hydroxyl groups is 1. The molecule has 4 nitrogen and oxygen atoms in total. The van der Waals surface area contributed by atoms with Gasteiger partial charge in [0, 0.05) is 11.6 Å². The molecule has 0 radical (unpaired) electrons. The molecule has 0 aromatic heterocycles. The van der Waals surface area contributed by atoms with Gasteiger partial charge in [0.15, 0.2) is 5.78 Å². The van der Waals surface area contributed by atoms with Crippen LogP contribution in [0.15, 0.2) is 18.2 Å². The van der Waals surface area contributed by atoms with E-state index in [9.17, 15) is 9.90 Å². The monoisotopic (exact) mass is 278 g/mol. The zero-order valence-electron chi connectivity index (χ0n) is 12.3. The SMILES string of the molecule is COc1cc(OC)cc(C(=O)C2(O)CCC(C)CC2)c1. The van der Waals surface area contributed by atoms with Crippen LogP contribution >= 0.6 is 0 Å². The van der Waals surface area contributed by atoms with Gasteiger partial charge in [0.25, 0.3) is 0 Å². The van der Waals surface area contributed by atoms with Crippen LogP contribution in [-0.2, 0) is 0 Å². The summed E-state index contributed by atoms with van der Waals surface area (Å²) in [5, 5.41) is 10.6. The summed E-state index contributed by atoms with van der Waals surface area (Å²) in [7, 11) is 3.08. The van der Waals surface area contributed by atoms with Crippen LogP contribution in [0.2, 0.25) is 0 Å². The van der Waals surface area contributed by atoms with Gasteiger partial charge in [-0.3, -0.25) is 4.79 Å². The molecule has 2 rings (SSSR count). The zero-order valence-corrected chi connectivity index (χ0v) is 12.3. The highest BCUT2D eigenvalue weighted by Gasteiger charge is 2.39. The molecule has 0 unspecified atom stereocenters. The van der Waals surface area contributed by atoms with Gasteiger partial charge < -0.3 is 14.6 Å². The van der Waals surface area contributed by atoms with Crippen molar-refractivity contribution in [3.8, 4) is 11.5 Å². The summed E-state index contributed by atoms with van der Waals surface area (Å²) in [6.45, 7) is 2.15. The average Bonchev–Trinajstić information content (AvgIpc) is 2.49. The summed E-state index contributed by atoms with van der Waals surface area (Å²) in [5.74, 6) is 1.45. The van der Waals surface area contributed by atoms with E-state index in [1.54, 1.807) is 32.4 Å². The van der Waals surface area contributed by atoms with Crippen LogP contribution in [0.5, 0.6) is 11.5 Å². The molecule has 0 heterocycles. The minimum atomic E-state index is -1.25. The maximum atomic E-state index is 12.6. The maximum absolute atomic E-state index is 12.6. The van der Waals surface area contributed by atoms with E-state index in [0.717, 1.165) is 12.8 Å². The molecule has 1 fully saturated rings. The van der Waals surface area contributed by atoms with Crippen molar-refractivity contribution in [2.24, 2.45) is 5.92 Å². The van der Waals surface area contributed by atoms with Crippen molar-refractivity contribution in [2.75, 3.05) is 14.2 Å². The molecule has 1 aromatic rings. The number of rotatable bonds is 4. The molecular weight excluding hydrogens is 256 g/mol. The molecule has 0 bridgehead atoms. The van der Waals surface area contributed by atoms with Crippen LogP contribution in [0.25, 0.3) is 0 Å². The molecule has 4 heteroatoms. The summed E-state index contributed by atoms with van der Waals surface area (Å²) in [6, 6.07) is 5.02. The highest BCUT2D eigenvalue weighted by Crippen LogP contribution is 2.35. The first-order valence-electron chi connectivity index (χ1n) is 6.99. The fourth-order valence-electron chi connectivity index (χ4n) is 2.67. The summed E-state index contributed by atoms with van der Waals surface area (Å²) in [5.41, 5.74) is -0.803. The lowest BCUT2D eigenvalue weighted by Crippen LogP contribution is -2.41. The molecule has 0 spiro atoms. The molecule has 110 valence electrons. The molecule has 0 saturated heterocycles. The molecule has 1 aliphatic carbocycles. The van der Waals surface area contributed by atoms with Crippen LogP contribution in [0, 0.1) is 5.92 Å². The maximum Gasteiger partial charge on any atom is 0.194 e. The molecule has 1 aromatic carbocycles. The Labute approximate surface area is 119 Å². The highest BCUT2D eigenvalue weighted by atomic mass is 16.5.